The summed E-state index contributed by atoms with van der Waals surface area (Å²) in [4.78, 5) is 0. The van der Waals surface area contributed by atoms with Crippen molar-refractivity contribution in [3.8, 4) is 11.5 Å². The van der Waals surface area contributed by atoms with E-state index in [1.807, 2.05) is 19.9 Å². The van der Waals surface area contributed by atoms with Crippen LogP contribution in [0.5, 0.6) is 11.5 Å². The van der Waals surface area contributed by atoms with Crippen molar-refractivity contribution in [1.29, 1.82) is 0 Å². The van der Waals surface area contributed by atoms with Gasteiger partial charge in [-0.15, -0.1) is 0 Å². The van der Waals surface area contributed by atoms with Gasteiger partial charge in [-0.1, -0.05) is 25.4 Å². The van der Waals surface area contributed by atoms with Crippen LogP contribution in [0, 0.1) is 5.92 Å². The van der Waals surface area contributed by atoms with Crippen molar-refractivity contribution in [2.45, 2.75) is 40.2 Å². The van der Waals surface area contributed by atoms with Crippen molar-refractivity contribution in [1.82, 2.24) is 0 Å². The van der Waals surface area contributed by atoms with Gasteiger partial charge in [0.25, 0.3) is 0 Å². The van der Waals surface area contributed by atoms with Crippen molar-refractivity contribution in [3.05, 3.63) is 34.1 Å². The van der Waals surface area contributed by atoms with Crippen LogP contribution >= 0.6 is 11.6 Å². The summed E-state index contributed by atoms with van der Waals surface area (Å²) in [6.45, 7) is 9.04. The van der Waals surface area contributed by atoms with E-state index >= 15 is 0 Å². The smallest absolute Gasteiger partial charge is 0.150 e. The molecule has 0 spiro atoms. The van der Waals surface area contributed by atoms with Gasteiger partial charge in [0.2, 0.25) is 0 Å². The first kappa shape index (κ1) is 18.8. The van der Waals surface area contributed by atoms with E-state index in [-0.39, 0.29) is 5.92 Å². The number of fused-ring (bicyclic) bond motifs is 1. The lowest BCUT2D eigenvalue weighted by molar-refractivity contribution is 0.156. The molecular formula is C19H24ClFO3. The van der Waals surface area contributed by atoms with E-state index < -0.39 is 18.0 Å². The Kier molecular flexibility index (Phi) is 5.31. The fourth-order valence-electron chi connectivity index (χ4n) is 2.89. The fraction of sp³-hybridized carbons (Fsp3) is 0.474. The van der Waals surface area contributed by atoms with E-state index in [1.165, 1.54) is 7.11 Å². The highest BCUT2D eigenvalue weighted by molar-refractivity contribution is 6.34. The van der Waals surface area contributed by atoms with Crippen LogP contribution in [0.25, 0.3) is 11.1 Å². The normalized spacial score (nSPS) is 17.0. The number of allylic oxidation sites excluding steroid dienone is 2. The van der Waals surface area contributed by atoms with Crippen LogP contribution in [-0.4, -0.2) is 24.4 Å². The van der Waals surface area contributed by atoms with Crippen LogP contribution in [0.15, 0.2) is 18.0 Å². The number of hydrogen-bond acceptors (Lipinski definition) is 3. The summed E-state index contributed by atoms with van der Waals surface area (Å²) in [5.41, 5.74) is 2.23. The zero-order valence-corrected chi connectivity index (χ0v) is 15.7. The van der Waals surface area contributed by atoms with Gasteiger partial charge >= 0.3 is 0 Å². The summed E-state index contributed by atoms with van der Waals surface area (Å²) in [6, 6.07) is 1.83. The van der Waals surface area contributed by atoms with Gasteiger partial charge in [0.05, 0.1) is 13.7 Å². The second kappa shape index (κ2) is 6.77. The molecule has 1 aromatic carbocycles. The van der Waals surface area contributed by atoms with Crippen LogP contribution in [-0.2, 0) is 0 Å². The Hall–Kier alpha value is -1.52. The van der Waals surface area contributed by atoms with Crippen LogP contribution in [0.3, 0.4) is 0 Å². The van der Waals surface area contributed by atoms with Crippen LogP contribution in [0.1, 0.15) is 45.7 Å². The number of methoxy groups -OCH3 is 1. The third kappa shape index (κ3) is 3.31. The minimum absolute atomic E-state index is 0.246. The van der Waals surface area contributed by atoms with Crippen LogP contribution < -0.4 is 9.47 Å². The molecule has 1 heterocycles. The van der Waals surface area contributed by atoms with Gasteiger partial charge in [-0.05, 0) is 50.0 Å². The average Bonchev–Trinajstić information content (AvgIpc) is 2.52. The Morgan fingerprint density at radius 2 is 2.04 bits per heavy atom. The Balaban J connectivity index is 2.82. The number of halogens is 2. The quantitative estimate of drug-likeness (QED) is 0.802. The predicted octanol–water partition coefficient (Wildman–Crippen LogP) is 5.25. The lowest BCUT2D eigenvalue weighted by Gasteiger charge is -2.34. The molecule has 0 saturated heterocycles. The third-order valence-electron chi connectivity index (χ3n) is 4.13. The first-order chi connectivity index (χ1) is 11.1. The molecule has 0 aromatic heterocycles. The second-order valence-electron chi connectivity index (χ2n) is 6.80. The first-order valence-electron chi connectivity index (χ1n) is 7.92. The molecule has 2 rings (SSSR count). The van der Waals surface area contributed by atoms with Crippen LogP contribution in [0.2, 0.25) is 5.02 Å². The Bertz CT molecular complexity index is 718. The molecule has 1 N–H and O–H groups in total. The van der Waals surface area contributed by atoms with Gasteiger partial charge in [-0.3, -0.25) is 0 Å². The number of ether oxygens (including phenoxy) is 2. The van der Waals surface area contributed by atoms with E-state index in [4.69, 9.17) is 26.2 Å². The SMILES string of the molecule is COc1c(/C(C)=C(/F)CO)cc2c(c1Cl)OC(C)(C)C=C2C(C)C. The molecule has 0 atom stereocenters. The monoisotopic (exact) mass is 354 g/mol. The molecule has 0 amide bonds. The van der Waals surface area contributed by atoms with Gasteiger partial charge in [0.1, 0.15) is 22.2 Å². The summed E-state index contributed by atoms with van der Waals surface area (Å²) in [5.74, 6) is 0.524. The Morgan fingerprint density at radius 3 is 2.54 bits per heavy atom. The zero-order valence-electron chi connectivity index (χ0n) is 15.0. The molecule has 1 aliphatic rings. The molecular weight excluding hydrogens is 331 g/mol. The molecule has 0 radical (unpaired) electrons. The molecule has 0 saturated carbocycles. The van der Waals surface area contributed by atoms with Gasteiger partial charge in [-0.25, -0.2) is 4.39 Å². The van der Waals surface area contributed by atoms with Gasteiger partial charge in [0.15, 0.2) is 5.75 Å². The lowest BCUT2D eigenvalue weighted by Crippen LogP contribution is -2.30. The largest absolute Gasteiger partial charge is 0.494 e. The number of aliphatic hydroxyl groups excluding tert-OH is 1. The van der Waals surface area contributed by atoms with Gasteiger partial charge in [0, 0.05) is 11.1 Å². The van der Waals surface area contributed by atoms with E-state index in [2.05, 4.69) is 19.9 Å². The fourth-order valence-corrected chi connectivity index (χ4v) is 3.21. The topological polar surface area (TPSA) is 38.7 Å². The standard InChI is InChI=1S/C19H24ClFO3/c1-10(2)14-8-19(4,5)24-18-13(14)7-12(11(3)15(21)9-22)17(23-6)16(18)20/h7-8,10,22H,9H2,1-6H3/b15-11+. The van der Waals surface area contributed by atoms with Crippen molar-refractivity contribution < 1.29 is 19.0 Å². The van der Waals surface area contributed by atoms with Crippen molar-refractivity contribution in [2.75, 3.05) is 13.7 Å². The second-order valence-corrected chi connectivity index (χ2v) is 7.17. The van der Waals surface area contributed by atoms with E-state index in [9.17, 15) is 4.39 Å². The molecule has 5 heteroatoms. The molecule has 3 nitrogen and oxygen atoms in total. The highest BCUT2D eigenvalue weighted by Crippen LogP contribution is 2.50. The van der Waals surface area contributed by atoms with Gasteiger partial charge in [-0.2, -0.15) is 0 Å². The molecule has 0 aliphatic carbocycles. The number of benzene rings is 1. The maximum atomic E-state index is 14.0. The maximum Gasteiger partial charge on any atom is 0.150 e. The minimum Gasteiger partial charge on any atom is -0.494 e. The number of rotatable bonds is 4. The van der Waals surface area contributed by atoms with E-state index in [1.54, 1.807) is 6.92 Å². The summed E-state index contributed by atoms with van der Waals surface area (Å²) in [7, 11) is 1.48. The van der Waals surface area contributed by atoms with E-state index in [0.29, 0.717) is 27.7 Å². The highest BCUT2D eigenvalue weighted by atomic mass is 35.5. The molecule has 24 heavy (non-hydrogen) atoms. The van der Waals surface area contributed by atoms with E-state index in [0.717, 1.165) is 11.1 Å². The molecule has 1 aromatic rings. The summed E-state index contributed by atoms with van der Waals surface area (Å²) in [5, 5.41) is 9.42. The zero-order chi connectivity index (χ0) is 18.2. The highest BCUT2D eigenvalue weighted by Gasteiger charge is 2.32. The molecule has 132 valence electrons. The van der Waals surface area contributed by atoms with Crippen molar-refractivity contribution in [3.63, 3.8) is 0 Å². The Labute approximate surface area is 147 Å². The van der Waals surface area contributed by atoms with Crippen molar-refractivity contribution >= 4 is 22.7 Å². The first-order valence-corrected chi connectivity index (χ1v) is 8.29. The third-order valence-corrected chi connectivity index (χ3v) is 4.47. The molecule has 0 bridgehead atoms. The summed E-state index contributed by atoms with van der Waals surface area (Å²) < 4.78 is 25.4. The number of hydrogen-bond donors (Lipinski definition) is 1. The van der Waals surface area contributed by atoms with Crippen LogP contribution in [0.4, 0.5) is 4.39 Å². The lowest BCUT2D eigenvalue weighted by atomic mass is 9.86. The van der Waals surface area contributed by atoms with Gasteiger partial charge < -0.3 is 14.6 Å². The predicted molar refractivity (Wildman–Crippen MR) is 96.3 cm³/mol. The number of aliphatic hydroxyl groups is 1. The average molecular weight is 355 g/mol. The van der Waals surface area contributed by atoms with Crippen molar-refractivity contribution in [2.24, 2.45) is 5.92 Å². The molecule has 1 aliphatic heterocycles. The summed E-state index contributed by atoms with van der Waals surface area (Å²) >= 11 is 6.54. The molecule has 0 unspecified atom stereocenters. The maximum absolute atomic E-state index is 14.0. The summed E-state index contributed by atoms with van der Waals surface area (Å²) in [6.07, 6.45) is 2.06. The minimum atomic E-state index is -0.667. The Morgan fingerprint density at radius 1 is 1.42 bits per heavy atom. The molecule has 0 fully saturated rings.